The molecule has 3 aliphatic carbocycles. The maximum Gasteiger partial charge on any atom is 0.226 e. The Balaban J connectivity index is 1.35. The lowest BCUT2D eigenvalue weighted by molar-refractivity contribution is -0.228. The summed E-state index contributed by atoms with van der Waals surface area (Å²) in [5.74, 6) is -1.19. The molecule has 2 heterocycles. The number of ketones is 1. The summed E-state index contributed by atoms with van der Waals surface area (Å²) in [6.45, 7) is 18.5. The predicted molar refractivity (Wildman–Crippen MR) is 188 cm³/mol. The molecule has 5 fully saturated rings. The number of rotatable bonds is 9. The molecular formula is C40H56O8Si. The number of hydrogen-bond acceptors (Lipinski definition) is 8. The fourth-order valence-electron chi connectivity index (χ4n) is 9.48. The van der Waals surface area contributed by atoms with Crippen LogP contribution in [0.3, 0.4) is 0 Å². The molecule has 8 nitrogen and oxygen atoms in total. The van der Waals surface area contributed by atoms with Gasteiger partial charge in [-0.2, -0.15) is 0 Å². The molecule has 0 unspecified atom stereocenters. The first kappa shape index (κ1) is 35.3. The molecule has 2 aromatic rings. The van der Waals surface area contributed by atoms with Gasteiger partial charge in [-0.3, -0.25) is 4.79 Å². The maximum atomic E-state index is 15.8. The Bertz CT molecular complexity index is 1550. The fourth-order valence-corrected chi connectivity index (χ4v) is 10.9. The number of ether oxygens (including phenoxy) is 5. The molecule has 49 heavy (non-hydrogen) atoms. The van der Waals surface area contributed by atoms with Crippen molar-refractivity contribution < 1.29 is 38.0 Å². The zero-order valence-corrected chi connectivity index (χ0v) is 31.8. The average molecular weight is 693 g/mol. The second-order valence-electron chi connectivity index (χ2n) is 17.7. The molecular weight excluding hydrogens is 637 g/mol. The third-order valence-electron chi connectivity index (χ3n) is 13.8. The average Bonchev–Trinajstić information content (AvgIpc) is 3.97. The van der Waals surface area contributed by atoms with E-state index in [0.717, 1.165) is 23.3 Å². The second kappa shape index (κ2) is 11.7. The van der Waals surface area contributed by atoms with Crippen molar-refractivity contribution in [3.8, 4) is 5.75 Å². The van der Waals surface area contributed by atoms with Gasteiger partial charge in [-0.1, -0.05) is 77.1 Å². The van der Waals surface area contributed by atoms with Gasteiger partial charge in [0, 0.05) is 17.3 Å². The fraction of sp³-hybridized carbons (Fsp3) is 0.675. The van der Waals surface area contributed by atoms with Gasteiger partial charge in [0.1, 0.15) is 23.6 Å². The van der Waals surface area contributed by atoms with Crippen molar-refractivity contribution in [2.24, 2.45) is 22.7 Å². The first-order chi connectivity index (χ1) is 23.0. The van der Waals surface area contributed by atoms with Crippen LogP contribution in [0.2, 0.25) is 18.1 Å². The quantitative estimate of drug-likeness (QED) is 0.217. The van der Waals surface area contributed by atoms with E-state index in [1.807, 2.05) is 54.6 Å². The molecule has 0 radical (unpaired) electrons. The molecule has 2 saturated heterocycles. The minimum Gasteiger partial charge on any atom is -0.497 e. The number of carbonyl (C=O) groups is 1. The van der Waals surface area contributed by atoms with Gasteiger partial charge >= 0.3 is 0 Å². The van der Waals surface area contributed by atoms with Gasteiger partial charge in [-0.25, -0.2) is 0 Å². The van der Waals surface area contributed by atoms with Crippen molar-refractivity contribution in [2.45, 2.75) is 134 Å². The van der Waals surface area contributed by atoms with Gasteiger partial charge in [-0.05, 0) is 74.0 Å². The number of hydrogen-bond donors (Lipinski definition) is 1. The van der Waals surface area contributed by atoms with E-state index in [2.05, 4.69) is 54.6 Å². The largest absolute Gasteiger partial charge is 0.497 e. The summed E-state index contributed by atoms with van der Waals surface area (Å²) < 4.78 is 39.7. The molecule has 0 amide bonds. The summed E-state index contributed by atoms with van der Waals surface area (Å²) in [6.07, 6.45) is 0.816. The van der Waals surface area contributed by atoms with Crippen LogP contribution in [0, 0.1) is 22.7 Å². The maximum absolute atomic E-state index is 15.8. The topological polar surface area (TPSA) is 99.3 Å². The third-order valence-corrected chi connectivity index (χ3v) is 18.3. The molecule has 2 aromatic carbocycles. The Labute approximate surface area is 293 Å². The molecule has 1 spiro atoms. The normalized spacial score (nSPS) is 39.4. The molecule has 7 rings (SSSR count). The summed E-state index contributed by atoms with van der Waals surface area (Å²) in [6, 6.07) is 17.8. The molecule has 9 atom stereocenters. The summed E-state index contributed by atoms with van der Waals surface area (Å²) in [5, 5.41) is 13.0. The molecule has 2 aliphatic heterocycles. The Morgan fingerprint density at radius 2 is 1.59 bits per heavy atom. The molecule has 0 aromatic heterocycles. The number of benzene rings is 2. The van der Waals surface area contributed by atoms with E-state index >= 15 is 4.79 Å². The van der Waals surface area contributed by atoms with Crippen LogP contribution in [0.1, 0.15) is 78.4 Å². The first-order valence-electron chi connectivity index (χ1n) is 18.1. The predicted octanol–water partition coefficient (Wildman–Crippen LogP) is 7.22. The van der Waals surface area contributed by atoms with Crippen LogP contribution in [0.15, 0.2) is 54.6 Å². The van der Waals surface area contributed by atoms with Crippen LogP contribution in [0.5, 0.6) is 5.75 Å². The Hall–Kier alpha value is -2.11. The van der Waals surface area contributed by atoms with Gasteiger partial charge in [0.15, 0.2) is 14.1 Å². The molecule has 268 valence electrons. The summed E-state index contributed by atoms with van der Waals surface area (Å²) in [5.41, 5.74) is -1.77. The van der Waals surface area contributed by atoms with Crippen LogP contribution < -0.4 is 4.74 Å². The summed E-state index contributed by atoms with van der Waals surface area (Å²) >= 11 is 0. The standard InChI is InChI=1S/C40H56O8Si/c1-35(2,3)49(8,9)48-30-20-21-38(25-46-38)32-34-40(47-34,45-24-26-13-11-10-12-14-26)39(42)22-19-29(36(39,4)5)31(33(41)37(30,32)6)44-23-27-15-17-28(43-7)18-16-27/h10-18,29-32,34,42H,19-25H2,1-9H3/t29-,30+,31-,32+,34+,37-,38-,39+,40+/m1/s1. The van der Waals surface area contributed by atoms with Crippen LogP contribution >= 0.6 is 0 Å². The summed E-state index contributed by atoms with van der Waals surface area (Å²) in [7, 11) is -0.680. The van der Waals surface area contributed by atoms with Gasteiger partial charge in [-0.15, -0.1) is 0 Å². The minimum absolute atomic E-state index is 0.0287. The number of epoxide rings is 2. The molecule has 2 bridgehead atoms. The highest BCUT2D eigenvalue weighted by atomic mass is 28.4. The van der Waals surface area contributed by atoms with Crippen LogP contribution in [0.25, 0.3) is 0 Å². The molecule has 5 aliphatic rings. The van der Waals surface area contributed by atoms with Gasteiger partial charge in [0.05, 0.1) is 44.1 Å². The lowest BCUT2D eigenvalue weighted by Gasteiger charge is -2.53. The molecule has 3 saturated carbocycles. The number of methoxy groups -OCH3 is 1. The van der Waals surface area contributed by atoms with Crippen molar-refractivity contribution in [1.29, 1.82) is 0 Å². The third kappa shape index (κ3) is 5.32. The number of fused-ring (bicyclic) bond motifs is 7. The smallest absolute Gasteiger partial charge is 0.226 e. The van der Waals surface area contributed by atoms with E-state index in [9.17, 15) is 5.11 Å². The highest BCUT2D eigenvalue weighted by molar-refractivity contribution is 6.74. The van der Waals surface area contributed by atoms with Crippen molar-refractivity contribution in [2.75, 3.05) is 13.7 Å². The van der Waals surface area contributed by atoms with Crippen LogP contribution in [-0.2, 0) is 41.4 Å². The lowest BCUT2D eigenvalue weighted by Crippen LogP contribution is -2.64. The second-order valence-corrected chi connectivity index (χ2v) is 22.4. The number of carbonyl (C=O) groups excluding carboxylic acids is 1. The van der Waals surface area contributed by atoms with Crippen molar-refractivity contribution in [1.82, 2.24) is 0 Å². The van der Waals surface area contributed by atoms with E-state index in [4.69, 9.17) is 28.1 Å². The minimum atomic E-state index is -2.33. The molecule has 9 heteroatoms. The first-order valence-corrected chi connectivity index (χ1v) is 21.1. The lowest BCUT2D eigenvalue weighted by atomic mass is 9.56. The monoisotopic (exact) mass is 692 g/mol. The Morgan fingerprint density at radius 3 is 2.20 bits per heavy atom. The number of Topliss-reactive ketones (excluding diaryl/α,β-unsaturated/α-hetero) is 1. The van der Waals surface area contributed by atoms with Gasteiger partial charge < -0.3 is 33.2 Å². The van der Waals surface area contributed by atoms with Crippen molar-refractivity contribution in [3.05, 3.63) is 65.7 Å². The highest BCUT2D eigenvalue weighted by Crippen LogP contribution is 2.72. The van der Waals surface area contributed by atoms with Crippen molar-refractivity contribution in [3.63, 3.8) is 0 Å². The van der Waals surface area contributed by atoms with E-state index in [-0.39, 0.29) is 36.1 Å². The summed E-state index contributed by atoms with van der Waals surface area (Å²) in [4.78, 5) is 15.8. The zero-order valence-electron chi connectivity index (χ0n) is 30.8. The van der Waals surface area contributed by atoms with E-state index in [0.29, 0.717) is 25.9 Å². The van der Waals surface area contributed by atoms with E-state index in [1.165, 1.54) is 0 Å². The zero-order chi connectivity index (χ0) is 35.3. The van der Waals surface area contributed by atoms with E-state index in [1.54, 1.807) is 7.11 Å². The Kier molecular flexibility index (Phi) is 8.43. The van der Waals surface area contributed by atoms with Gasteiger partial charge in [0.25, 0.3) is 0 Å². The van der Waals surface area contributed by atoms with E-state index < -0.39 is 54.3 Å². The SMILES string of the molecule is COc1ccc(CO[C@H]2C(=O)[C@]3(C)[C@@H](O[Si](C)(C)C(C)(C)C)CC[C@@]4(CO4)[C@H]3[C@@H]3O[C@]3(OCc3ccccc3)[C@]3(O)CC[C@H]2C3(C)C)cc1. The van der Waals surface area contributed by atoms with Crippen LogP contribution in [0.4, 0.5) is 0 Å². The highest BCUT2D eigenvalue weighted by Gasteiger charge is 2.86. The van der Waals surface area contributed by atoms with Crippen molar-refractivity contribution >= 4 is 14.1 Å². The van der Waals surface area contributed by atoms with Crippen LogP contribution in [-0.4, -0.2) is 68.2 Å². The molecule has 1 N–H and O–H groups in total. The Morgan fingerprint density at radius 1 is 0.939 bits per heavy atom. The van der Waals surface area contributed by atoms with Gasteiger partial charge in [0.2, 0.25) is 5.79 Å². The number of aliphatic hydroxyl groups is 1.